The standard InChI is InChI=1S/C14H25N3O3S/c1-10-6-12(15)13(7-11(10)2)21(19,20)16-8-14(3,18)9-17(4)5/h6-7,16,18H,8-9,15H2,1-5H3. The zero-order valence-electron chi connectivity index (χ0n) is 13.3. The van der Waals surface area contributed by atoms with Gasteiger partial charge in [-0.15, -0.1) is 0 Å². The second-order valence-electron chi connectivity index (χ2n) is 6.03. The van der Waals surface area contributed by atoms with E-state index in [0.717, 1.165) is 11.1 Å². The highest BCUT2D eigenvalue weighted by Crippen LogP contribution is 2.22. The highest BCUT2D eigenvalue weighted by atomic mass is 32.2. The predicted octanol–water partition coefficient (Wildman–Crippen LogP) is 0.477. The van der Waals surface area contributed by atoms with Crippen molar-refractivity contribution in [3.63, 3.8) is 0 Å². The first-order valence-corrected chi connectivity index (χ1v) is 8.16. The van der Waals surface area contributed by atoms with E-state index in [4.69, 9.17) is 5.73 Å². The van der Waals surface area contributed by atoms with Crippen molar-refractivity contribution in [2.24, 2.45) is 0 Å². The van der Waals surface area contributed by atoms with Crippen LogP contribution < -0.4 is 10.5 Å². The molecule has 7 heteroatoms. The van der Waals surface area contributed by atoms with Crippen molar-refractivity contribution in [1.29, 1.82) is 0 Å². The summed E-state index contributed by atoms with van der Waals surface area (Å²) in [4.78, 5) is 1.84. The lowest BCUT2D eigenvalue weighted by atomic mass is 10.1. The molecule has 21 heavy (non-hydrogen) atoms. The van der Waals surface area contributed by atoms with Gasteiger partial charge in [0.2, 0.25) is 10.0 Å². The summed E-state index contributed by atoms with van der Waals surface area (Å²) in [5, 5.41) is 10.2. The number of aryl methyl sites for hydroxylation is 2. The number of hydrogen-bond acceptors (Lipinski definition) is 5. The molecule has 0 bridgehead atoms. The maximum absolute atomic E-state index is 12.3. The molecule has 0 aliphatic rings. The summed E-state index contributed by atoms with van der Waals surface area (Å²) < 4.78 is 27.1. The fourth-order valence-corrected chi connectivity index (χ4v) is 3.47. The monoisotopic (exact) mass is 315 g/mol. The van der Waals surface area contributed by atoms with Crippen molar-refractivity contribution in [2.45, 2.75) is 31.3 Å². The maximum atomic E-state index is 12.3. The molecular formula is C14H25N3O3S. The lowest BCUT2D eigenvalue weighted by Gasteiger charge is -2.27. The second kappa shape index (κ2) is 6.31. The molecule has 0 saturated heterocycles. The zero-order valence-corrected chi connectivity index (χ0v) is 14.1. The molecule has 1 aromatic rings. The molecular weight excluding hydrogens is 290 g/mol. The van der Waals surface area contributed by atoms with E-state index in [1.807, 2.05) is 27.9 Å². The van der Waals surface area contributed by atoms with Crippen LogP contribution in [0.25, 0.3) is 0 Å². The van der Waals surface area contributed by atoms with Crippen LogP contribution in [0.15, 0.2) is 17.0 Å². The van der Waals surface area contributed by atoms with Crippen LogP contribution in [0.5, 0.6) is 0 Å². The highest BCUT2D eigenvalue weighted by molar-refractivity contribution is 7.89. The fourth-order valence-electron chi connectivity index (χ4n) is 2.11. The van der Waals surface area contributed by atoms with Gasteiger partial charge in [0.1, 0.15) is 4.90 Å². The number of hydrogen-bond donors (Lipinski definition) is 3. The third-order valence-electron chi connectivity index (χ3n) is 3.22. The molecule has 1 unspecified atom stereocenters. The van der Waals surface area contributed by atoms with Gasteiger partial charge in [-0.2, -0.15) is 0 Å². The molecule has 1 aromatic carbocycles. The SMILES string of the molecule is Cc1cc(N)c(S(=O)(=O)NCC(C)(O)CN(C)C)cc1C. The first-order chi connectivity index (χ1) is 9.44. The summed E-state index contributed by atoms with van der Waals surface area (Å²) in [6.07, 6.45) is 0. The average molecular weight is 315 g/mol. The first kappa shape index (κ1) is 17.9. The van der Waals surface area contributed by atoms with E-state index in [0.29, 0.717) is 6.54 Å². The molecule has 0 aliphatic heterocycles. The largest absolute Gasteiger partial charge is 0.398 e. The first-order valence-electron chi connectivity index (χ1n) is 6.68. The van der Waals surface area contributed by atoms with Crippen LogP contribution in [-0.4, -0.2) is 51.2 Å². The number of nitrogen functional groups attached to an aromatic ring is 1. The molecule has 0 spiro atoms. The lowest BCUT2D eigenvalue weighted by Crippen LogP contribution is -2.47. The van der Waals surface area contributed by atoms with Crippen molar-refractivity contribution in [2.75, 3.05) is 32.9 Å². The van der Waals surface area contributed by atoms with Crippen LogP contribution in [-0.2, 0) is 10.0 Å². The number of nitrogens with two attached hydrogens (primary N) is 1. The number of aliphatic hydroxyl groups is 1. The van der Waals surface area contributed by atoms with Crippen molar-refractivity contribution in [1.82, 2.24) is 9.62 Å². The van der Waals surface area contributed by atoms with Crippen LogP contribution in [0.4, 0.5) is 5.69 Å². The molecule has 0 fully saturated rings. The Morgan fingerprint density at radius 3 is 2.33 bits per heavy atom. The van der Waals surface area contributed by atoms with Gasteiger partial charge in [0.05, 0.1) is 11.3 Å². The molecule has 6 nitrogen and oxygen atoms in total. The molecule has 1 rings (SSSR count). The Balaban J connectivity index is 2.95. The Hall–Kier alpha value is -1.15. The summed E-state index contributed by atoms with van der Waals surface area (Å²) in [5.41, 5.74) is 6.64. The molecule has 0 aromatic heterocycles. The number of nitrogens with one attached hydrogen (secondary N) is 1. The third kappa shape index (κ3) is 4.96. The van der Waals surface area contributed by atoms with E-state index in [9.17, 15) is 13.5 Å². The van der Waals surface area contributed by atoms with Crippen molar-refractivity contribution >= 4 is 15.7 Å². The minimum atomic E-state index is -3.75. The van der Waals surface area contributed by atoms with E-state index < -0.39 is 15.6 Å². The number of anilines is 1. The molecule has 0 radical (unpaired) electrons. The zero-order chi connectivity index (χ0) is 16.4. The van der Waals surface area contributed by atoms with Gasteiger partial charge in [0, 0.05) is 13.1 Å². The Morgan fingerprint density at radius 1 is 1.29 bits per heavy atom. The van der Waals surface area contributed by atoms with Gasteiger partial charge in [-0.25, -0.2) is 13.1 Å². The van der Waals surface area contributed by atoms with Gasteiger partial charge >= 0.3 is 0 Å². The lowest BCUT2D eigenvalue weighted by molar-refractivity contribution is 0.0386. The Labute approximate surface area is 127 Å². The summed E-state index contributed by atoms with van der Waals surface area (Å²) in [7, 11) is -0.133. The van der Waals surface area contributed by atoms with Gasteiger partial charge in [-0.05, 0) is 58.1 Å². The molecule has 0 aliphatic carbocycles. The second-order valence-corrected chi connectivity index (χ2v) is 7.77. The molecule has 0 amide bonds. The van der Waals surface area contributed by atoms with E-state index in [1.54, 1.807) is 24.0 Å². The molecule has 0 saturated carbocycles. The van der Waals surface area contributed by atoms with Crippen molar-refractivity contribution < 1.29 is 13.5 Å². The minimum absolute atomic E-state index is 0.0475. The topological polar surface area (TPSA) is 95.7 Å². The van der Waals surface area contributed by atoms with Gasteiger partial charge in [0.15, 0.2) is 0 Å². The van der Waals surface area contributed by atoms with Gasteiger partial charge in [0.25, 0.3) is 0 Å². The predicted molar refractivity (Wildman–Crippen MR) is 84.7 cm³/mol. The summed E-state index contributed by atoms with van der Waals surface area (Å²) in [5.74, 6) is 0. The van der Waals surface area contributed by atoms with Crippen LogP contribution in [0, 0.1) is 13.8 Å². The quantitative estimate of drug-likeness (QED) is 0.664. The Kier molecular flexibility index (Phi) is 5.38. The normalized spacial score (nSPS) is 15.2. The van der Waals surface area contributed by atoms with E-state index in [-0.39, 0.29) is 17.1 Å². The minimum Gasteiger partial charge on any atom is -0.398 e. The molecule has 4 N–H and O–H groups in total. The number of nitrogens with zero attached hydrogens (tertiary/aromatic N) is 1. The van der Waals surface area contributed by atoms with Crippen LogP contribution in [0.1, 0.15) is 18.1 Å². The van der Waals surface area contributed by atoms with Crippen LogP contribution in [0.3, 0.4) is 0 Å². The number of benzene rings is 1. The van der Waals surface area contributed by atoms with Crippen molar-refractivity contribution in [3.05, 3.63) is 23.3 Å². The summed E-state index contributed by atoms with van der Waals surface area (Å²) >= 11 is 0. The Bertz CT molecular complexity index is 610. The van der Waals surface area contributed by atoms with Gasteiger partial charge in [-0.3, -0.25) is 0 Å². The summed E-state index contributed by atoms with van der Waals surface area (Å²) in [6, 6.07) is 3.19. The van der Waals surface area contributed by atoms with Gasteiger partial charge in [-0.1, -0.05) is 0 Å². The molecule has 1 atom stereocenters. The number of rotatable bonds is 6. The highest BCUT2D eigenvalue weighted by Gasteiger charge is 2.26. The third-order valence-corrected chi connectivity index (χ3v) is 4.67. The fraction of sp³-hybridized carbons (Fsp3) is 0.571. The van der Waals surface area contributed by atoms with Crippen LogP contribution in [0.2, 0.25) is 0 Å². The van der Waals surface area contributed by atoms with Gasteiger partial charge < -0.3 is 15.7 Å². The number of sulfonamides is 1. The van der Waals surface area contributed by atoms with E-state index >= 15 is 0 Å². The summed E-state index contributed by atoms with van der Waals surface area (Å²) in [6.45, 7) is 5.55. The van der Waals surface area contributed by atoms with Crippen LogP contribution >= 0.6 is 0 Å². The molecule has 0 heterocycles. The maximum Gasteiger partial charge on any atom is 0.242 e. The van der Waals surface area contributed by atoms with E-state index in [2.05, 4.69) is 4.72 Å². The average Bonchev–Trinajstić information content (AvgIpc) is 2.30. The van der Waals surface area contributed by atoms with Crippen molar-refractivity contribution in [3.8, 4) is 0 Å². The smallest absolute Gasteiger partial charge is 0.242 e. The number of likely N-dealkylation sites (N-methyl/N-ethyl adjacent to an activating group) is 1. The Morgan fingerprint density at radius 2 is 1.81 bits per heavy atom. The van der Waals surface area contributed by atoms with E-state index in [1.165, 1.54) is 0 Å². The molecule has 120 valence electrons.